The molecule has 0 amide bonds. The molecule has 0 saturated heterocycles. The minimum absolute atomic E-state index is 0.185. The second-order valence-electron chi connectivity index (χ2n) is 5.32. The van der Waals surface area contributed by atoms with Crippen LogP contribution >= 0.6 is 0 Å². The first-order valence-electron chi connectivity index (χ1n) is 6.88. The molecule has 1 aromatic rings. The van der Waals surface area contributed by atoms with Gasteiger partial charge in [0, 0.05) is 0 Å². The second-order valence-corrected chi connectivity index (χ2v) is 5.32. The topological polar surface area (TPSA) is 18.5 Å². The molecule has 0 radical (unpaired) electrons. The zero-order valence-electron chi connectivity index (χ0n) is 12.3. The Balaban J connectivity index is 2.60. The second kappa shape index (κ2) is 6.79. The fraction of sp³-hybridized carbons (Fsp3) is 0.625. The Labute approximate surface area is 111 Å². The van der Waals surface area contributed by atoms with Gasteiger partial charge in [0.15, 0.2) is 6.29 Å². The van der Waals surface area contributed by atoms with Gasteiger partial charge >= 0.3 is 0 Å². The first-order valence-corrected chi connectivity index (χ1v) is 6.88. The Morgan fingerprint density at radius 2 is 1.72 bits per heavy atom. The average Bonchev–Trinajstić information content (AvgIpc) is 2.37. The summed E-state index contributed by atoms with van der Waals surface area (Å²) in [6, 6.07) is 8.34. The molecule has 0 fully saturated rings. The van der Waals surface area contributed by atoms with E-state index in [1.165, 1.54) is 5.56 Å². The highest BCUT2D eigenvalue weighted by Gasteiger charge is 2.17. The van der Waals surface area contributed by atoms with Crippen LogP contribution in [0.2, 0.25) is 0 Å². The molecule has 0 aliphatic rings. The van der Waals surface area contributed by atoms with Crippen molar-refractivity contribution >= 4 is 0 Å². The lowest BCUT2D eigenvalue weighted by atomic mass is 9.82. The van der Waals surface area contributed by atoms with Crippen LogP contribution in [0.1, 0.15) is 53.0 Å². The molecule has 1 atom stereocenters. The molecule has 0 bridgehead atoms. The molecule has 0 spiro atoms. The summed E-state index contributed by atoms with van der Waals surface area (Å²) in [5.74, 6) is 0.870. The van der Waals surface area contributed by atoms with E-state index in [-0.39, 0.29) is 11.7 Å². The molecule has 18 heavy (non-hydrogen) atoms. The monoisotopic (exact) mass is 250 g/mol. The van der Waals surface area contributed by atoms with E-state index in [0.29, 0.717) is 0 Å². The molecule has 0 aliphatic carbocycles. The predicted octanol–water partition coefficient (Wildman–Crippen LogP) is 4.53. The molecule has 0 heterocycles. The van der Waals surface area contributed by atoms with E-state index < -0.39 is 0 Å². The van der Waals surface area contributed by atoms with E-state index in [2.05, 4.69) is 39.8 Å². The van der Waals surface area contributed by atoms with Crippen LogP contribution in [0.3, 0.4) is 0 Å². The summed E-state index contributed by atoms with van der Waals surface area (Å²) >= 11 is 0. The molecule has 0 aromatic heterocycles. The first-order chi connectivity index (χ1) is 8.49. The number of hydrogen-bond acceptors (Lipinski definition) is 2. The maximum atomic E-state index is 5.70. The zero-order chi connectivity index (χ0) is 13.6. The van der Waals surface area contributed by atoms with Crippen LogP contribution in [-0.2, 0) is 10.2 Å². The maximum absolute atomic E-state index is 5.70. The van der Waals surface area contributed by atoms with E-state index in [9.17, 15) is 0 Å². The normalized spacial score (nSPS) is 13.4. The van der Waals surface area contributed by atoms with Crippen molar-refractivity contribution in [1.82, 2.24) is 0 Å². The summed E-state index contributed by atoms with van der Waals surface area (Å²) in [5.41, 5.74) is 1.57. The molecule has 2 nitrogen and oxygen atoms in total. The third-order valence-corrected chi connectivity index (χ3v) is 3.38. The molecule has 0 N–H and O–H groups in total. The average molecular weight is 250 g/mol. The maximum Gasteiger partial charge on any atom is 0.196 e. The van der Waals surface area contributed by atoms with E-state index in [1.807, 2.05) is 19.1 Å². The zero-order valence-corrected chi connectivity index (χ0v) is 12.3. The number of hydrogen-bond donors (Lipinski definition) is 0. The summed E-state index contributed by atoms with van der Waals surface area (Å²) in [6.07, 6.45) is 1.95. The van der Waals surface area contributed by atoms with Gasteiger partial charge in [0.1, 0.15) is 5.75 Å². The van der Waals surface area contributed by atoms with E-state index in [1.54, 1.807) is 0 Å². The number of ether oxygens (including phenoxy) is 2. The Morgan fingerprint density at radius 3 is 2.22 bits per heavy atom. The smallest absolute Gasteiger partial charge is 0.196 e. The Bertz CT molecular complexity index is 341. The van der Waals surface area contributed by atoms with Crippen LogP contribution in [0.4, 0.5) is 0 Å². The Kier molecular flexibility index (Phi) is 5.67. The fourth-order valence-corrected chi connectivity index (χ4v) is 1.70. The van der Waals surface area contributed by atoms with Gasteiger partial charge in [-0.15, -0.1) is 0 Å². The SMILES string of the molecule is CCCOC(C)Oc1ccc(C(C)(C)CC)cc1. The summed E-state index contributed by atoms with van der Waals surface area (Å²) in [7, 11) is 0. The lowest BCUT2D eigenvalue weighted by Gasteiger charge is -2.23. The number of benzene rings is 1. The highest BCUT2D eigenvalue weighted by Crippen LogP contribution is 2.28. The molecule has 1 rings (SSSR count). The van der Waals surface area contributed by atoms with E-state index >= 15 is 0 Å². The lowest BCUT2D eigenvalue weighted by Crippen LogP contribution is -2.17. The molecular weight excluding hydrogens is 224 g/mol. The Hall–Kier alpha value is -1.02. The molecule has 1 unspecified atom stereocenters. The molecular formula is C16H26O2. The van der Waals surface area contributed by atoms with Crippen LogP contribution in [0.5, 0.6) is 5.75 Å². The lowest BCUT2D eigenvalue weighted by molar-refractivity contribution is -0.0663. The highest BCUT2D eigenvalue weighted by atomic mass is 16.7. The Morgan fingerprint density at radius 1 is 1.11 bits per heavy atom. The fourth-order valence-electron chi connectivity index (χ4n) is 1.70. The van der Waals surface area contributed by atoms with Gasteiger partial charge in [-0.05, 0) is 42.9 Å². The van der Waals surface area contributed by atoms with Gasteiger partial charge in [-0.3, -0.25) is 0 Å². The van der Waals surface area contributed by atoms with Gasteiger partial charge in [-0.2, -0.15) is 0 Å². The van der Waals surface area contributed by atoms with E-state index in [4.69, 9.17) is 9.47 Å². The molecule has 2 heteroatoms. The largest absolute Gasteiger partial charge is 0.465 e. The van der Waals surface area contributed by atoms with Gasteiger partial charge in [0.25, 0.3) is 0 Å². The summed E-state index contributed by atoms with van der Waals surface area (Å²) in [4.78, 5) is 0. The van der Waals surface area contributed by atoms with Crippen molar-refractivity contribution in [1.29, 1.82) is 0 Å². The third kappa shape index (κ3) is 4.34. The van der Waals surface area contributed by atoms with Crippen LogP contribution in [0.15, 0.2) is 24.3 Å². The van der Waals surface area contributed by atoms with Crippen molar-refractivity contribution in [3.63, 3.8) is 0 Å². The minimum atomic E-state index is -0.185. The van der Waals surface area contributed by atoms with Crippen molar-refractivity contribution < 1.29 is 9.47 Å². The van der Waals surface area contributed by atoms with Gasteiger partial charge in [0.2, 0.25) is 0 Å². The van der Waals surface area contributed by atoms with Crippen molar-refractivity contribution in [2.24, 2.45) is 0 Å². The highest BCUT2D eigenvalue weighted by molar-refractivity contribution is 5.31. The van der Waals surface area contributed by atoms with Crippen LogP contribution in [0.25, 0.3) is 0 Å². The summed E-state index contributed by atoms with van der Waals surface area (Å²) < 4.78 is 11.2. The molecule has 0 aliphatic heterocycles. The van der Waals surface area contributed by atoms with Crippen molar-refractivity contribution in [2.75, 3.05) is 6.61 Å². The van der Waals surface area contributed by atoms with Gasteiger partial charge in [-0.25, -0.2) is 0 Å². The quantitative estimate of drug-likeness (QED) is 0.662. The van der Waals surface area contributed by atoms with Crippen molar-refractivity contribution in [2.45, 2.75) is 59.2 Å². The number of rotatable bonds is 7. The van der Waals surface area contributed by atoms with Gasteiger partial charge in [-0.1, -0.05) is 39.8 Å². The first kappa shape index (κ1) is 15.0. The van der Waals surface area contributed by atoms with Crippen molar-refractivity contribution in [3.05, 3.63) is 29.8 Å². The summed E-state index contributed by atoms with van der Waals surface area (Å²) in [5, 5.41) is 0. The minimum Gasteiger partial charge on any atom is -0.465 e. The third-order valence-electron chi connectivity index (χ3n) is 3.38. The molecule has 0 saturated carbocycles. The van der Waals surface area contributed by atoms with E-state index in [0.717, 1.165) is 25.2 Å². The van der Waals surface area contributed by atoms with Gasteiger partial charge < -0.3 is 9.47 Å². The standard InChI is InChI=1S/C16H26O2/c1-6-12-17-13(3)18-15-10-8-14(9-11-15)16(4,5)7-2/h8-11,13H,6-7,12H2,1-5H3. The molecule has 1 aromatic carbocycles. The predicted molar refractivity (Wildman–Crippen MR) is 76.1 cm³/mol. The van der Waals surface area contributed by atoms with Gasteiger partial charge in [0.05, 0.1) is 6.61 Å². The van der Waals surface area contributed by atoms with Crippen LogP contribution in [0, 0.1) is 0 Å². The van der Waals surface area contributed by atoms with Crippen molar-refractivity contribution in [3.8, 4) is 5.75 Å². The summed E-state index contributed by atoms with van der Waals surface area (Å²) in [6.45, 7) is 11.5. The van der Waals surface area contributed by atoms with Crippen LogP contribution in [-0.4, -0.2) is 12.9 Å². The van der Waals surface area contributed by atoms with Crippen LogP contribution < -0.4 is 4.74 Å². The molecule has 102 valence electrons.